The van der Waals surface area contributed by atoms with Crippen LogP contribution in [0.15, 0.2) is 4.90 Å². The van der Waals surface area contributed by atoms with Crippen molar-refractivity contribution in [3.8, 4) is 0 Å². The van der Waals surface area contributed by atoms with Crippen LogP contribution in [0, 0.1) is 6.92 Å². The minimum atomic E-state index is 1.15. The van der Waals surface area contributed by atoms with Gasteiger partial charge in [0.2, 0.25) is 0 Å². The van der Waals surface area contributed by atoms with Crippen molar-refractivity contribution in [1.29, 1.82) is 0 Å². The molecule has 1 aromatic heterocycles. The van der Waals surface area contributed by atoms with Crippen LogP contribution in [0.25, 0.3) is 0 Å². The van der Waals surface area contributed by atoms with E-state index in [-0.39, 0.29) is 0 Å². The van der Waals surface area contributed by atoms with E-state index in [1.165, 1.54) is 66.5 Å². The smallest absolute Gasteiger partial charge is 0.0553 e. The van der Waals surface area contributed by atoms with Gasteiger partial charge in [-0.15, -0.1) is 11.8 Å². The quantitative estimate of drug-likeness (QED) is 0.815. The number of hydrogen-bond acceptors (Lipinski definition) is 3. The maximum atomic E-state index is 4.96. The van der Waals surface area contributed by atoms with Gasteiger partial charge < -0.3 is 4.90 Å². The SMILES string of the molecule is CCCN1CCc2nc3c(c(C)c2CC1)SCC3. The molecule has 2 aliphatic heterocycles. The highest BCUT2D eigenvalue weighted by atomic mass is 32.2. The topological polar surface area (TPSA) is 16.1 Å². The molecule has 2 nitrogen and oxygen atoms in total. The first-order valence-corrected chi connectivity index (χ1v) is 8.14. The third-order valence-corrected chi connectivity index (χ3v) is 5.38. The maximum absolute atomic E-state index is 4.96. The highest BCUT2D eigenvalue weighted by molar-refractivity contribution is 7.99. The minimum Gasteiger partial charge on any atom is -0.303 e. The van der Waals surface area contributed by atoms with E-state index in [0.29, 0.717) is 0 Å². The molecule has 3 rings (SSSR count). The summed E-state index contributed by atoms with van der Waals surface area (Å²) < 4.78 is 0. The molecule has 1 aromatic rings. The molecule has 98 valence electrons. The van der Waals surface area contributed by atoms with Gasteiger partial charge in [-0.25, -0.2) is 0 Å². The largest absolute Gasteiger partial charge is 0.303 e. The van der Waals surface area contributed by atoms with Crippen LogP contribution in [0.5, 0.6) is 0 Å². The van der Waals surface area contributed by atoms with Crippen molar-refractivity contribution in [1.82, 2.24) is 9.88 Å². The molecule has 0 amide bonds. The van der Waals surface area contributed by atoms with Gasteiger partial charge in [0.25, 0.3) is 0 Å². The van der Waals surface area contributed by atoms with Crippen LogP contribution in [-0.4, -0.2) is 35.3 Å². The molecule has 18 heavy (non-hydrogen) atoms. The van der Waals surface area contributed by atoms with Gasteiger partial charge in [0, 0.05) is 42.3 Å². The maximum Gasteiger partial charge on any atom is 0.0553 e. The number of nitrogens with zero attached hydrogens (tertiary/aromatic N) is 2. The number of hydrogen-bond donors (Lipinski definition) is 0. The van der Waals surface area contributed by atoms with E-state index in [2.05, 4.69) is 18.7 Å². The minimum absolute atomic E-state index is 1.15. The molecule has 0 saturated heterocycles. The Morgan fingerprint density at radius 2 is 2.00 bits per heavy atom. The fourth-order valence-electron chi connectivity index (χ4n) is 3.19. The predicted octanol–water partition coefficient (Wildman–Crippen LogP) is 2.85. The lowest BCUT2D eigenvalue weighted by atomic mass is 10.0. The van der Waals surface area contributed by atoms with Crippen LogP contribution >= 0.6 is 11.8 Å². The molecule has 0 aliphatic carbocycles. The fourth-order valence-corrected chi connectivity index (χ4v) is 4.34. The van der Waals surface area contributed by atoms with E-state index in [4.69, 9.17) is 4.98 Å². The summed E-state index contributed by atoms with van der Waals surface area (Å²) in [4.78, 5) is 9.06. The number of aryl methyl sites for hydroxylation is 1. The molecule has 0 fully saturated rings. The molecular weight excluding hydrogens is 240 g/mol. The zero-order valence-electron chi connectivity index (χ0n) is 11.5. The van der Waals surface area contributed by atoms with Crippen molar-refractivity contribution >= 4 is 11.8 Å². The highest BCUT2D eigenvalue weighted by Gasteiger charge is 2.23. The van der Waals surface area contributed by atoms with Crippen LogP contribution in [0.1, 0.15) is 35.9 Å². The van der Waals surface area contributed by atoms with Crippen molar-refractivity contribution in [2.45, 2.75) is 44.4 Å². The average Bonchev–Trinajstić information content (AvgIpc) is 2.74. The normalized spacial score (nSPS) is 19.4. The monoisotopic (exact) mass is 262 g/mol. The van der Waals surface area contributed by atoms with E-state index in [1.54, 1.807) is 5.56 Å². The second kappa shape index (κ2) is 5.22. The predicted molar refractivity (Wildman–Crippen MR) is 77.5 cm³/mol. The van der Waals surface area contributed by atoms with E-state index < -0.39 is 0 Å². The Balaban J connectivity index is 1.91. The Bertz CT molecular complexity index is 456. The summed E-state index contributed by atoms with van der Waals surface area (Å²) in [7, 11) is 0. The number of thioether (sulfide) groups is 1. The molecule has 3 heterocycles. The highest BCUT2D eigenvalue weighted by Crippen LogP contribution is 2.36. The Hall–Kier alpha value is -0.540. The molecule has 3 heteroatoms. The first kappa shape index (κ1) is 12.5. The molecule has 0 N–H and O–H groups in total. The molecule has 0 saturated carbocycles. The van der Waals surface area contributed by atoms with Gasteiger partial charge in [0.1, 0.15) is 0 Å². The third kappa shape index (κ3) is 2.19. The van der Waals surface area contributed by atoms with E-state index in [9.17, 15) is 0 Å². The molecule has 2 aliphatic rings. The first-order valence-electron chi connectivity index (χ1n) is 7.16. The lowest BCUT2D eigenvalue weighted by Crippen LogP contribution is -2.27. The Kier molecular flexibility index (Phi) is 3.62. The van der Waals surface area contributed by atoms with Gasteiger partial charge in [0.15, 0.2) is 0 Å². The zero-order valence-corrected chi connectivity index (χ0v) is 12.3. The molecule has 0 radical (unpaired) electrons. The van der Waals surface area contributed by atoms with E-state index in [0.717, 1.165) is 6.42 Å². The molecular formula is C15H22N2S. The van der Waals surface area contributed by atoms with Crippen LogP contribution < -0.4 is 0 Å². The summed E-state index contributed by atoms with van der Waals surface area (Å²) in [5.41, 5.74) is 5.87. The lowest BCUT2D eigenvalue weighted by molar-refractivity contribution is 0.287. The van der Waals surface area contributed by atoms with Gasteiger partial charge in [-0.05, 0) is 37.4 Å². The number of pyridine rings is 1. The second-order valence-corrected chi connectivity index (χ2v) is 6.48. The summed E-state index contributed by atoms with van der Waals surface area (Å²) in [5.74, 6) is 1.23. The van der Waals surface area contributed by atoms with Crippen LogP contribution in [-0.2, 0) is 19.3 Å². The van der Waals surface area contributed by atoms with Crippen molar-refractivity contribution in [3.05, 3.63) is 22.5 Å². The van der Waals surface area contributed by atoms with Crippen molar-refractivity contribution < 1.29 is 0 Å². The Morgan fingerprint density at radius 3 is 2.83 bits per heavy atom. The van der Waals surface area contributed by atoms with E-state index in [1.807, 2.05) is 11.8 Å². The van der Waals surface area contributed by atoms with Crippen molar-refractivity contribution in [2.75, 3.05) is 25.4 Å². The summed E-state index contributed by atoms with van der Waals surface area (Å²) in [6, 6.07) is 0. The third-order valence-electron chi connectivity index (χ3n) is 4.14. The summed E-state index contributed by atoms with van der Waals surface area (Å²) in [6.45, 7) is 8.23. The second-order valence-electron chi connectivity index (χ2n) is 5.38. The standard InChI is InChI=1S/C15H22N2S/c1-3-7-17-8-4-12-11(2)15-14(6-10-18-15)16-13(12)5-9-17/h3-10H2,1-2H3. The molecule has 0 bridgehead atoms. The summed E-state index contributed by atoms with van der Waals surface area (Å²) >= 11 is 2.01. The van der Waals surface area contributed by atoms with E-state index >= 15 is 0 Å². The van der Waals surface area contributed by atoms with Crippen molar-refractivity contribution in [2.24, 2.45) is 0 Å². The molecule has 0 spiro atoms. The Morgan fingerprint density at radius 1 is 1.17 bits per heavy atom. The van der Waals surface area contributed by atoms with Gasteiger partial charge in [-0.1, -0.05) is 6.92 Å². The molecule has 0 atom stereocenters. The first-order chi connectivity index (χ1) is 8.79. The number of aromatic nitrogens is 1. The Labute approximate surface area is 114 Å². The molecule has 0 aromatic carbocycles. The molecule has 0 unspecified atom stereocenters. The zero-order chi connectivity index (χ0) is 12.5. The van der Waals surface area contributed by atoms with Crippen LogP contribution in [0.2, 0.25) is 0 Å². The van der Waals surface area contributed by atoms with Gasteiger partial charge in [-0.3, -0.25) is 4.98 Å². The fraction of sp³-hybridized carbons (Fsp3) is 0.667. The van der Waals surface area contributed by atoms with Gasteiger partial charge in [0.05, 0.1) is 5.69 Å². The number of rotatable bonds is 2. The summed E-state index contributed by atoms with van der Waals surface area (Å²) in [5, 5.41) is 0. The lowest BCUT2D eigenvalue weighted by Gasteiger charge is -2.18. The van der Waals surface area contributed by atoms with Gasteiger partial charge in [-0.2, -0.15) is 0 Å². The van der Waals surface area contributed by atoms with Crippen LogP contribution in [0.3, 0.4) is 0 Å². The summed E-state index contributed by atoms with van der Waals surface area (Å²) in [6.07, 6.45) is 4.78. The average molecular weight is 262 g/mol. The van der Waals surface area contributed by atoms with Crippen molar-refractivity contribution in [3.63, 3.8) is 0 Å². The number of fused-ring (bicyclic) bond motifs is 2. The van der Waals surface area contributed by atoms with Crippen LogP contribution in [0.4, 0.5) is 0 Å². The van der Waals surface area contributed by atoms with Gasteiger partial charge >= 0.3 is 0 Å².